The Bertz CT molecular complexity index is 1180. The number of sulfonamides is 1. The highest BCUT2D eigenvalue weighted by atomic mass is 32.2. The number of benzene rings is 2. The highest BCUT2D eigenvalue weighted by Gasteiger charge is 2.38. The number of hydrogen-bond acceptors (Lipinski definition) is 6. The minimum atomic E-state index is -3.90. The van der Waals surface area contributed by atoms with Gasteiger partial charge in [-0.3, -0.25) is 4.79 Å². The summed E-state index contributed by atoms with van der Waals surface area (Å²) in [4.78, 5) is 13.5. The van der Waals surface area contributed by atoms with Gasteiger partial charge >= 0.3 is 5.97 Å². The molecule has 0 fully saturated rings. The van der Waals surface area contributed by atoms with Crippen LogP contribution in [0.25, 0.3) is 0 Å². The van der Waals surface area contributed by atoms with E-state index in [0.29, 0.717) is 10.5 Å². The van der Waals surface area contributed by atoms with Gasteiger partial charge in [0.25, 0.3) is 0 Å². The molecule has 33 heavy (non-hydrogen) atoms. The maximum atomic E-state index is 13.5. The van der Waals surface area contributed by atoms with Crippen molar-refractivity contribution in [3.8, 4) is 0 Å². The number of rotatable bonds is 9. The van der Waals surface area contributed by atoms with Gasteiger partial charge in [0.2, 0.25) is 10.0 Å². The molecular weight excluding hydrogens is 460 g/mol. The molecule has 2 aromatic carbocycles. The summed E-state index contributed by atoms with van der Waals surface area (Å²) in [5.74, 6) is -1.50. The van der Waals surface area contributed by atoms with E-state index in [0.717, 1.165) is 0 Å². The van der Waals surface area contributed by atoms with Crippen LogP contribution in [0.4, 0.5) is 0 Å². The van der Waals surface area contributed by atoms with Gasteiger partial charge < -0.3 is 4.74 Å². The van der Waals surface area contributed by atoms with Gasteiger partial charge in [0.1, 0.15) is 6.04 Å². The number of nitrogens with one attached hydrogen (secondary N) is 1. The van der Waals surface area contributed by atoms with Crippen molar-refractivity contribution in [2.75, 3.05) is 13.7 Å². The van der Waals surface area contributed by atoms with E-state index >= 15 is 0 Å². The van der Waals surface area contributed by atoms with E-state index in [1.807, 2.05) is 12.1 Å². The van der Waals surface area contributed by atoms with Crippen molar-refractivity contribution in [1.82, 2.24) is 4.72 Å². The molecule has 0 amide bonds. The van der Waals surface area contributed by atoms with Crippen LogP contribution in [-0.2, 0) is 29.3 Å². The molecule has 0 aliphatic carbocycles. The van der Waals surface area contributed by atoms with Crippen LogP contribution in [0.3, 0.4) is 0 Å². The van der Waals surface area contributed by atoms with Crippen molar-refractivity contribution < 1.29 is 22.2 Å². The van der Waals surface area contributed by atoms with Crippen LogP contribution in [0.2, 0.25) is 0 Å². The second-order valence-corrected chi connectivity index (χ2v) is 13.0. The quantitative estimate of drug-likeness (QED) is 0.531. The molecule has 0 aromatic heterocycles. The SMILES string of the molecule is CCOC(=O)[C@@H](NS(=O)(=O)C(C)(C)C)[C@@H](/C=C/S(=O)(=NC)c1ccccc1)c1ccccc1. The average molecular weight is 493 g/mol. The van der Waals surface area contributed by atoms with Gasteiger partial charge in [-0.05, 0) is 45.4 Å². The van der Waals surface area contributed by atoms with Crippen LogP contribution < -0.4 is 4.72 Å². The summed E-state index contributed by atoms with van der Waals surface area (Å²) < 4.78 is 50.2. The summed E-state index contributed by atoms with van der Waals surface area (Å²) in [5, 5.41) is 1.44. The lowest BCUT2D eigenvalue weighted by molar-refractivity contribution is -0.145. The highest BCUT2D eigenvalue weighted by molar-refractivity contribution is 7.96. The van der Waals surface area contributed by atoms with E-state index in [9.17, 15) is 17.4 Å². The Hall–Kier alpha value is -2.49. The van der Waals surface area contributed by atoms with E-state index < -0.39 is 42.4 Å². The molecule has 2 rings (SSSR count). The van der Waals surface area contributed by atoms with Crippen molar-refractivity contribution in [3.63, 3.8) is 0 Å². The maximum absolute atomic E-state index is 13.5. The van der Waals surface area contributed by atoms with Crippen LogP contribution in [0.15, 0.2) is 81.4 Å². The second-order valence-electron chi connectivity index (χ2n) is 8.29. The smallest absolute Gasteiger partial charge is 0.325 e. The molecule has 0 bridgehead atoms. The normalized spacial score (nSPS) is 16.0. The highest BCUT2D eigenvalue weighted by Crippen LogP contribution is 2.27. The van der Waals surface area contributed by atoms with E-state index in [1.165, 1.54) is 12.5 Å². The second kappa shape index (κ2) is 11.1. The van der Waals surface area contributed by atoms with Crippen molar-refractivity contribution in [2.24, 2.45) is 4.36 Å². The number of nitrogens with zero attached hydrogens (tertiary/aromatic N) is 1. The zero-order valence-corrected chi connectivity index (χ0v) is 21.2. The van der Waals surface area contributed by atoms with Gasteiger partial charge in [0, 0.05) is 18.4 Å². The number of carbonyl (C=O) groups excluding carboxylic acids is 1. The van der Waals surface area contributed by atoms with Crippen LogP contribution in [0.5, 0.6) is 0 Å². The average Bonchev–Trinajstić information content (AvgIpc) is 2.79. The molecule has 180 valence electrons. The van der Waals surface area contributed by atoms with Crippen molar-refractivity contribution >= 4 is 25.7 Å². The Morgan fingerprint density at radius 3 is 2.06 bits per heavy atom. The lowest BCUT2D eigenvalue weighted by Gasteiger charge is -2.28. The summed E-state index contributed by atoms with van der Waals surface area (Å²) in [7, 11) is -5.38. The maximum Gasteiger partial charge on any atom is 0.325 e. The largest absolute Gasteiger partial charge is 0.465 e. The molecule has 3 atom stereocenters. The third-order valence-electron chi connectivity index (χ3n) is 4.99. The topological polar surface area (TPSA) is 102 Å². The van der Waals surface area contributed by atoms with Crippen molar-refractivity contribution in [1.29, 1.82) is 0 Å². The zero-order chi connectivity index (χ0) is 24.7. The van der Waals surface area contributed by atoms with Crippen molar-refractivity contribution in [3.05, 3.63) is 77.7 Å². The Balaban J connectivity index is 2.64. The predicted molar refractivity (Wildman–Crippen MR) is 132 cm³/mol. The number of carbonyl (C=O) groups is 1. The number of esters is 1. The van der Waals surface area contributed by atoms with E-state index in [4.69, 9.17) is 4.74 Å². The third kappa shape index (κ3) is 6.75. The van der Waals surface area contributed by atoms with Gasteiger partial charge in [-0.25, -0.2) is 17.0 Å². The lowest BCUT2D eigenvalue weighted by atomic mass is 9.92. The molecule has 1 N–H and O–H groups in total. The van der Waals surface area contributed by atoms with Gasteiger partial charge in [-0.15, -0.1) is 0 Å². The van der Waals surface area contributed by atoms with Crippen LogP contribution >= 0.6 is 0 Å². The summed E-state index contributed by atoms with van der Waals surface area (Å²) in [6.07, 6.45) is 1.57. The van der Waals surface area contributed by atoms with Crippen LogP contribution in [-0.4, -0.2) is 43.0 Å². The van der Waals surface area contributed by atoms with Crippen LogP contribution in [0.1, 0.15) is 39.2 Å². The first-order chi connectivity index (χ1) is 15.4. The van der Waals surface area contributed by atoms with Crippen LogP contribution in [0, 0.1) is 0 Å². The lowest BCUT2D eigenvalue weighted by Crippen LogP contribution is -2.50. The molecular formula is C24H32N2O5S2. The first-order valence-electron chi connectivity index (χ1n) is 10.6. The fraction of sp³-hybridized carbons (Fsp3) is 0.375. The monoisotopic (exact) mass is 492 g/mol. The third-order valence-corrected chi connectivity index (χ3v) is 9.19. The van der Waals surface area contributed by atoms with Gasteiger partial charge in [-0.2, -0.15) is 4.72 Å². The molecule has 1 unspecified atom stereocenters. The molecule has 0 heterocycles. The Labute approximate surface area is 197 Å². The first-order valence-corrected chi connectivity index (χ1v) is 13.6. The van der Waals surface area contributed by atoms with Gasteiger partial charge in [-0.1, -0.05) is 54.6 Å². The van der Waals surface area contributed by atoms with Gasteiger partial charge in [0.05, 0.1) is 26.0 Å². The van der Waals surface area contributed by atoms with E-state index in [1.54, 1.807) is 82.3 Å². The Morgan fingerprint density at radius 1 is 1.03 bits per heavy atom. The van der Waals surface area contributed by atoms with Crippen molar-refractivity contribution in [2.45, 2.75) is 49.3 Å². The molecule has 0 aliphatic heterocycles. The predicted octanol–water partition coefficient (Wildman–Crippen LogP) is 4.09. The Kier molecular flexibility index (Phi) is 8.99. The molecule has 7 nitrogen and oxygen atoms in total. The minimum Gasteiger partial charge on any atom is -0.465 e. The molecule has 0 aliphatic rings. The molecule has 9 heteroatoms. The molecule has 0 radical (unpaired) electrons. The standard InChI is InChI=1S/C24H32N2O5S2/c1-6-31-23(27)22(26-33(29,30)24(2,3)4)21(19-13-9-7-10-14-19)17-18-32(28,25-5)20-15-11-8-12-16-20/h7-18,21-22,26H,6H2,1-5H3/b18-17+/t21-,22-,32?/m0/s1. The summed E-state index contributed by atoms with van der Waals surface area (Å²) >= 11 is 0. The number of ether oxygens (including phenoxy) is 1. The fourth-order valence-corrected chi connectivity index (χ4v) is 5.34. The summed E-state index contributed by atoms with van der Waals surface area (Å²) in [6, 6.07) is 16.5. The van der Waals surface area contributed by atoms with E-state index in [2.05, 4.69) is 9.08 Å². The molecule has 0 spiro atoms. The molecule has 0 saturated heterocycles. The number of hydrogen-bond donors (Lipinski definition) is 1. The molecule has 2 aromatic rings. The molecule has 0 saturated carbocycles. The fourth-order valence-electron chi connectivity index (χ4n) is 2.99. The summed E-state index contributed by atoms with van der Waals surface area (Å²) in [5.41, 5.74) is 0.661. The van der Waals surface area contributed by atoms with E-state index in [-0.39, 0.29) is 6.61 Å². The first kappa shape index (κ1) is 26.8. The minimum absolute atomic E-state index is 0.0862. The Morgan fingerprint density at radius 2 is 1.58 bits per heavy atom. The van der Waals surface area contributed by atoms with Gasteiger partial charge in [0.15, 0.2) is 0 Å². The summed E-state index contributed by atoms with van der Waals surface area (Å²) in [6.45, 7) is 6.37. The zero-order valence-electron chi connectivity index (χ0n) is 19.6.